The zero-order chi connectivity index (χ0) is 19.8. The Morgan fingerprint density at radius 1 is 1.11 bits per heavy atom. The van der Waals surface area contributed by atoms with Crippen molar-refractivity contribution in [3.8, 4) is 5.75 Å². The molecule has 2 aromatic carbocycles. The van der Waals surface area contributed by atoms with Crippen LogP contribution in [0.25, 0.3) is 6.08 Å². The topological polar surface area (TPSA) is 64.6 Å². The third-order valence-electron chi connectivity index (χ3n) is 3.48. The largest absolute Gasteiger partial charge is 0.449 e. The molecule has 0 radical (unpaired) electrons. The van der Waals surface area contributed by atoms with E-state index in [-0.39, 0.29) is 11.4 Å². The number of hydrogen-bond donors (Lipinski definition) is 1. The van der Waals surface area contributed by atoms with Gasteiger partial charge < -0.3 is 14.8 Å². The van der Waals surface area contributed by atoms with Gasteiger partial charge in [0.15, 0.2) is 6.10 Å². The monoisotopic (exact) mass is 375 g/mol. The van der Waals surface area contributed by atoms with Crippen molar-refractivity contribution in [1.29, 1.82) is 0 Å². The third-order valence-corrected chi connectivity index (χ3v) is 3.48. The third kappa shape index (κ3) is 6.54. The minimum Gasteiger partial charge on any atom is -0.449 e. The summed E-state index contributed by atoms with van der Waals surface area (Å²) in [5.41, 5.74) is 1.92. The number of alkyl halides is 2. The summed E-state index contributed by atoms with van der Waals surface area (Å²) in [4.78, 5) is 24.0. The minimum absolute atomic E-state index is 0.0565. The molecule has 0 aliphatic carbocycles. The van der Waals surface area contributed by atoms with E-state index in [0.717, 1.165) is 11.1 Å². The number of ether oxygens (including phenoxy) is 2. The minimum atomic E-state index is -3.02. The SMILES string of the molecule is Cc1cccc(/C=C/C(=O)O[C@H](C)C(=O)Nc2ccccc2OC(F)F)c1. The molecule has 27 heavy (non-hydrogen) atoms. The first-order chi connectivity index (χ1) is 12.8. The van der Waals surface area contributed by atoms with Crippen LogP contribution in [0.15, 0.2) is 54.6 Å². The number of aryl methyl sites for hydroxylation is 1. The Kier molecular flexibility index (Phi) is 7.05. The summed E-state index contributed by atoms with van der Waals surface area (Å²) in [6.45, 7) is 0.284. The van der Waals surface area contributed by atoms with E-state index >= 15 is 0 Å². The Morgan fingerprint density at radius 3 is 2.56 bits per heavy atom. The number of anilines is 1. The van der Waals surface area contributed by atoms with Gasteiger partial charge in [0.05, 0.1) is 5.69 Å². The van der Waals surface area contributed by atoms with Crippen LogP contribution in [0.5, 0.6) is 5.75 Å². The molecule has 0 bridgehead atoms. The van der Waals surface area contributed by atoms with Crippen LogP contribution in [0.4, 0.5) is 14.5 Å². The number of amides is 1. The second-order valence-corrected chi connectivity index (χ2v) is 5.69. The molecule has 1 N–H and O–H groups in total. The highest BCUT2D eigenvalue weighted by molar-refractivity contribution is 5.97. The molecule has 7 heteroatoms. The fourth-order valence-corrected chi connectivity index (χ4v) is 2.21. The lowest BCUT2D eigenvalue weighted by Crippen LogP contribution is -2.29. The fourth-order valence-electron chi connectivity index (χ4n) is 2.21. The number of esters is 1. The van der Waals surface area contributed by atoms with Crippen molar-refractivity contribution in [2.24, 2.45) is 0 Å². The molecule has 0 heterocycles. The molecule has 0 aliphatic rings. The maximum absolute atomic E-state index is 12.4. The highest BCUT2D eigenvalue weighted by atomic mass is 19.3. The highest BCUT2D eigenvalue weighted by Crippen LogP contribution is 2.25. The molecule has 2 aromatic rings. The van der Waals surface area contributed by atoms with Crippen LogP contribution in [0.2, 0.25) is 0 Å². The molecule has 142 valence electrons. The van der Waals surface area contributed by atoms with Crippen LogP contribution < -0.4 is 10.1 Å². The lowest BCUT2D eigenvalue weighted by atomic mass is 10.1. The van der Waals surface area contributed by atoms with Crippen LogP contribution in [0.1, 0.15) is 18.1 Å². The predicted octanol–water partition coefficient (Wildman–Crippen LogP) is 4.18. The van der Waals surface area contributed by atoms with Crippen LogP contribution in [-0.4, -0.2) is 24.6 Å². The van der Waals surface area contributed by atoms with Gasteiger partial charge in [0.1, 0.15) is 5.75 Å². The molecule has 0 spiro atoms. The van der Waals surface area contributed by atoms with Gasteiger partial charge in [-0.15, -0.1) is 0 Å². The molecule has 0 aromatic heterocycles. The predicted molar refractivity (Wildman–Crippen MR) is 97.5 cm³/mol. The average molecular weight is 375 g/mol. The van der Waals surface area contributed by atoms with Gasteiger partial charge in [0.2, 0.25) is 0 Å². The van der Waals surface area contributed by atoms with Gasteiger partial charge in [-0.3, -0.25) is 4.79 Å². The van der Waals surface area contributed by atoms with E-state index in [1.165, 1.54) is 31.2 Å². The summed E-state index contributed by atoms with van der Waals surface area (Å²) in [5.74, 6) is -1.55. The van der Waals surface area contributed by atoms with Crippen LogP contribution >= 0.6 is 0 Å². The number of para-hydroxylation sites is 2. The Bertz CT molecular complexity index is 836. The van der Waals surface area contributed by atoms with E-state index in [9.17, 15) is 18.4 Å². The van der Waals surface area contributed by atoms with E-state index in [2.05, 4.69) is 10.1 Å². The van der Waals surface area contributed by atoms with Crippen molar-refractivity contribution in [1.82, 2.24) is 0 Å². The van der Waals surface area contributed by atoms with E-state index in [4.69, 9.17) is 4.74 Å². The number of halogens is 2. The Hall–Kier alpha value is -3.22. The molecular weight excluding hydrogens is 356 g/mol. The van der Waals surface area contributed by atoms with Gasteiger partial charge in [0, 0.05) is 6.08 Å². The number of carbonyl (C=O) groups excluding carboxylic acids is 2. The van der Waals surface area contributed by atoms with Crippen molar-refractivity contribution < 1.29 is 27.8 Å². The van der Waals surface area contributed by atoms with Gasteiger partial charge in [0.25, 0.3) is 5.91 Å². The normalized spacial score (nSPS) is 12.0. The van der Waals surface area contributed by atoms with Crippen LogP contribution in [0.3, 0.4) is 0 Å². The van der Waals surface area contributed by atoms with Gasteiger partial charge in [-0.25, -0.2) is 4.79 Å². The van der Waals surface area contributed by atoms with Gasteiger partial charge in [-0.05, 0) is 37.6 Å². The first-order valence-corrected chi connectivity index (χ1v) is 8.15. The van der Waals surface area contributed by atoms with Crippen LogP contribution in [-0.2, 0) is 14.3 Å². The second kappa shape index (κ2) is 9.47. The maximum atomic E-state index is 12.4. The van der Waals surface area contributed by atoms with E-state index in [0.29, 0.717) is 0 Å². The summed E-state index contributed by atoms with van der Waals surface area (Å²) >= 11 is 0. The number of nitrogens with one attached hydrogen (secondary N) is 1. The summed E-state index contributed by atoms with van der Waals surface area (Å²) in [5, 5.41) is 2.40. The van der Waals surface area contributed by atoms with Crippen LogP contribution in [0, 0.1) is 6.92 Å². The Labute approximate surface area is 155 Å². The molecule has 0 fully saturated rings. The van der Waals surface area contributed by atoms with Gasteiger partial charge in [-0.1, -0.05) is 42.0 Å². The number of benzene rings is 2. The maximum Gasteiger partial charge on any atom is 0.387 e. The lowest BCUT2D eigenvalue weighted by molar-refractivity contribution is -0.148. The van der Waals surface area contributed by atoms with E-state index in [1.54, 1.807) is 12.1 Å². The quantitative estimate of drug-likeness (QED) is 0.582. The first-order valence-electron chi connectivity index (χ1n) is 8.15. The number of hydrogen-bond acceptors (Lipinski definition) is 4. The molecule has 1 atom stereocenters. The molecule has 2 rings (SSSR count). The van der Waals surface area contributed by atoms with Crippen molar-refractivity contribution in [3.63, 3.8) is 0 Å². The number of rotatable bonds is 7. The Balaban J connectivity index is 1.94. The Morgan fingerprint density at radius 2 is 1.85 bits per heavy atom. The van der Waals surface area contributed by atoms with Crippen molar-refractivity contribution >= 4 is 23.6 Å². The second-order valence-electron chi connectivity index (χ2n) is 5.69. The average Bonchev–Trinajstić information content (AvgIpc) is 2.61. The van der Waals surface area contributed by atoms with Gasteiger partial charge >= 0.3 is 12.6 Å². The lowest BCUT2D eigenvalue weighted by Gasteiger charge is -2.15. The zero-order valence-electron chi connectivity index (χ0n) is 14.8. The summed E-state index contributed by atoms with van der Waals surface area (Å²) in [7, 11) is 0. The summed E-state index contributed by atoms with van der Waals surface area (Å²) < 4.78 is 34.2. The van der Waals surface area contributed by atoms with E-state index in [1.807, 2.05) is 31.2 Å². The van der Waals surface area contributed by atoms with Crippen molar-refractivity contribution in [3.05, 3.63) is 65.7 Å². The fraction of sp³-hybridized carbons (Fsp3) is 0.200. The molecular formula is C20H19F2NO4. The molecule has 5 nitrogen and oxygen atoms in total. The van der Waals surface area contributed by atoms with Crippen molar-refractivity contribution in [2.75, 3.05) is 5.32 Å². The molecule has 0 saturated heterocycles. The van der Waals surface area contributed by atoms with Gasteiger partial charge in [-0.2, -0.15) is 8.78 Å². The molecule has 0 unspecified atom stereocenters. The standard InChI is InChI=1S/C20H19F2NO4/c1-13-6-5-7-15(12-13)10-11-18(24)26-14(2)19(25)23-16-8-3-4-9-17(16)27-20(21)22/h3-12,14,20H,1-2H3,(H,23,25)/b11-10+/t14-/m1/s1. The smallest absolute Gasteiger partial charge is 0.387 e. The van der Waals surface area contributed by atoms with Crippen molar-refractivity contribution in [2.45, 2.75) is 26.6 Å². The summed E-state index contributed by atoms with van der Waals surface area (Å²) in [6, 6.07) is 13.2. The number of carbonyl (C=O) groups is 2. The van der Waals surface area contributed by atoms with E-state index < -0.39 is 24.6 Å². The molecule has 0 saturated carbocycles. The zero-order valence-corrected chi connectivity index (χ0v) is 14.8. The molecule has 1 amide bonds. The first kappa shape index (κ1) is 20.1. The molecule has 0 aliphatic heterocycles. The summed E-state index contributed by atoms with van der Waals surface area (Å²) in [6.07, 6.45) is 1.66. The highest BCUT2D eigenvalue weighted by Gasteiger charge is 2.19.